The van der Waals surface area contributed by atoms with Gasteiger partial charge in [-0.25, -0.2) is 9.97 Å². The molecule has 0 unspecified atom stereocenters. The SMILES string of the molecule is COC(=O)CCc1cccc(-c2nc(N3CC[C@@H]3C)nc3sccc23)c1. The van der Waals surface area contributed by atoms with Crippen molar-refractivity contribution in [3.63, 3.8) is 0 Å². The summed E-state index contributed by atoms with van der Waals surface area (Å²) in [4.78, 5) is 24.4. The van der Waals surface area contributed by atoms with Crippen molar-refractivity contribution in [1.29, 1.82) is 0 Å². The number of rotatable bonds is 5. The van der Waals surface area contributed by atoms with Crippen molar-refractivity contribution in [3.05, 3.63) is 41.3 Å². The number of thiophene rings is 1. The topological polar surface area (TPSA) is 55.3 Å². The van der Waals surface area contributed by atoms with Crippen LogP contribution in [0.15, 0.2) is 35.7 Å². The predicted molar refractivity (Wildman–Crippen MR) is 105 cm³/mol. The van der Waals surface area contributed by atoms with Gasteiger partial charge < -0.3 is 9.64 Å². The Hall–Kier alpha value is -2.47. The van der Waals surface area contributed by atoms with Crippen LogP contribution >= 0.6 is 11.3 Å². The first kappa shape index (κ1) is 17.0. The lowest BCUT2D eigenvalue weighted by molar-refractivity contribution is -0.140. The van der Waals surface area contributed by atoms with Gasteiger partial charge in [0.2, 0.25) is 5.95 Å². The summed E-state index contributed by atoms with van der Waals surface area (Å²) in [6, 6.07) is 10.8. The first-order chi connectivity index (χ1) is 12.7. The van der Waals surface area contributed by atoms with Gasteiger partial charge in [-0.2, -0.15) is 0 Å². The molecule has 5 nitrogen and oxygen atoms in total. The van der Waals surface area contributed by atoms with Crippen LogP contribution in [0.25, 0.3) is 21.5 Å². The maximum absolute atomic E-state index is 11.4. The minimum absolute atomic E-state index is 0.188. The van der Waals surface area contributed by atoms with Crippen LogP contribution in [0, 0.1) is 0 Å². The highest BCUT2D eigenvalue weighted by Gasteiger charge is 2.27. The lowest BCUT2D eigenvalue weighted by Gasteiger charge is -2.38. The van der Waals surface area contributed by atoms with E-state index < -0.39 is 0 Å². The quantitative estimate of drug-likeness (QED) is 0.637. The number of benzene rings is 1. The lowest BCUT2D eigenvalue weighted by atomic mass is 10.0. The van der Waals surface area contributed by atoms with Gasteiger partial charge in [-0.05, 0) is 42.8 Å². The average Bonchev–Trinajstić information content (AvgIpc) is 3.13. The fourth-order valence-electron chi connectivity index (χ4n) is 3.23. The van der Waals surface area contributed by atoms with Gasteiger partial charge in [0, 0.05) is 30.0 Å². The molecule has 0 saturated carbocycles. The standard InChI is InChI=1S/C20H21N3O2S/c1-13-8-10-23(13)20-21-18(16-9-11-26-19(16)22-20)15-5-3-4-14(12-15)6-7-17(24)25-2/h3-5,9,11-13H,6-8,10H2,1-2H3/t13-/m0/s1. The second-order valence-electron chi connectivity index (χ2n) is 6.62. The first-order valence-corrected chi connectivity index (χ1v) is 9.71. The van der Waals surface area contributed by atoms with Crippen LogP contribution in [0.4, 0.5) is 5.95 Å². The Kier molecular flexibility index (Phi) is 4.59. The Bertz CT molecular complexity index is 953. The van der Waals surface area contributed by atoms with Crippen LogP contribution in [0.2, 0.25) is 0 Å². The Morgan fingerprint density at radius 1 is 1.35 bits per heavy atom. The van der Waals surface area contributed by atoms with Gasteiger partial charge >= 0.3 is 5.97 Å². The highest BCUT2D eigenvalue weighted by atomic mass is 32.1. The number of carbonyl (C=O) groups excluding carboxylic acids is 1. The van der Waals surface area contributed by atoms with Gasteiger partial charge in [0.1, 0.15) is 4.83 Å². The summed E-state index contributed by atoms with van der Waals surface area (Å²) in [7, 11) is 1.42. The second-order valence-corrected chi connectivity index (χ2v) is 7.51. The molecule has 4 rings (SSSR count). The van der Waals surface area contributed by atoms with Gasteiger partial charge in [-0.3, -0.25) is 4.79 Å². The monoisotopic (exact) mass is 367 g/mol. The van der Waals surface area contributed by atoms with E-state index in [0.29, 0.717) is 18.9 Å². The van der Waals surface area contributed by atoms with E-state index in [1.807, 2.05) is 12.1 Å². The van der Waals surface area contributed by atoms with Crippen LogP contribution in [0.3, 0.4) is 0 Å². The molecule has 0 spiro atoms. The van der Waals surface area contributed by atoms with Crippen molar-refractivity contribution >= 4 is 33.5 Å². The maximum atomic E-state index is 11.4. The Morgan fingerprint density at radius 3 is 2.96 bits per heavy atom. The van der Waals surface area contributed by atoms with Gasteiger partial charge in [-0.1, -0.05) is 18.2 Å². The molecule has 0 N–H and O–H groups in total. The third-order valence-electron chi connectivity index (χ3n) is 4.94. The highest BCUT2D eigenvalue weighted by molar-refractivity contribution is 7.16. The van der Waals surface area contributed by atoms with Crippen molar-refractivity contribution in [3.8, 4) is 11.3 Å². The van der Waals surface area contributed by atoms with E-state index in [0.717, 1.165) is 39.5 Å². The van der Waals surface area contributed by atoms with Crippen molar-refractivity contribution in [2.24, 2.45) is 0 Å². The molecule has 26 heavy (non-hydrogen) atoms. The van der Waals surface area contributed by atoms with E-state index in [1.54, 1.807) is 11.3 Å². The number of hydrogen-bond donors (Lipinski definition) is 0. The summed E-state index contributed by atoms with van der Waals surface area (Å²) in [6.07, 6.45) is 2.23. The number of nitrogens with zero attached hydrogens (tertiary/aromatic N) is 3. The predicted octanol–water partition coefficient (Wildman–Crippen LogP) is 4.06. The number of anilines is 1. The molecule has 0 bridgehead atoms. The molecule has 1 aliphatic rings. The Labute approximate surface area is 156 Å². The normalized spacial score (nSPS) is 16.5. The number of aromatic nitrogens is 2. The summed E-state index contributed by atoms with van der Waals surface area (Å²) >= 11 is 1.65. The van der Waals surface area contributed by atoms with Crippen LogP contribution in [0.5, 0.6) is 0 Å². The van der Waals surface area contributed by atoms with E-state index in [1.165, 1.54) is 13.5 Å². The Morgan fingerprint density at radius 2 is 2.23 bits per heavy atom. The molecule has 0 aliphatic carbocycles. The van der Waals surface area contributed by atoms with Crippen molar-refractivity contribution in [2.45, 2.75) is 32.2 Å². The summed E-state index contributed by atoms with van der Waals surface area (Å²) in [5.41, 5.74) is 3.13. The lowest BCUT2D eigenvalue weighted by Crippen LogP contribution is -2.46. The largest absolute Gasteiger partial charge is 0.469 e. The molecular weight excluding hydrogens is 346 g/mol. The molecule has 6 heteroatoms. The highest BCUT2D eigenvalue weighted by Crippen LogP contribution is 2.33. The van der Waals surface area contributed by atoms with Gasteiger partial charge in [0.15, 0.2) is 0 Å². The number of esters is 1. The zero-order valence-corrected chi connectivity index (χ0v) is 15.8. The summed E-state index contributed by atoms with van der Waals surface area (Å²) in [5.74, 6) is 0.625. The Balaban J connectivity index is 1.71. The summed E-state index contributed by atoms with van der Waals surface area (Å²) in [6.45, 7) is 3.22. The number of fused-ring (bicyclic) bond motifs is 1. The molecule has 1 fully saturated rings. The molecule has 1 atom stereocenters. The second kappa shape index (κ2) is 7.03. The van der Waals surface area contributed by atoms with E-state index >= 15 is 0 Å². The van der Waals surface area contributed by atoms with Crippen LogP contribution in [-0.4, -0.2) is 35.6 Å². The third kappa shape index (κ3) is 3.17. The molecule has 3 aromatic rings. The summed E-state index contributed by atoms with van der Waals surface area (Å²) < 4.78 is 4.74. The molecular formula is C20H21N3O2S. The number of carbonyl (C=O) groups is 1. The first-order valence-electron chi connectivity index (χ1n) is 8.83. The van der Waals surface area contributed by atoms with Crippen molar-refractivity contribution in [2.75, 3.05) is 18.6 Å². The van der Waals surface area contributed by atoms with E-state index in [9.17, 15) is 4.79 Å². The molecule has 0 amide bonds. The van der Waals surface area contributed by atoms with Gasteiger partial charge in [0.05, 0.1) is 12.8 Å². The molecule has 1 aromatic carbocycles. The smallest absolute Gasteiger partial charge is 0.305 e. The molecule has 3 heterocycles. The number of aryl methyl sites for hydroxylation is 1. The van der Waals surface area contributed by atoms with Gasteiger partial charge in [-0.15, -0.1) is 11.3 Å². The maximum Gasteiger partial charge on any atom is 0.305 e. The molecule has 134 valence electrons. The van der Waals surface area contributed by atoms with Crippen LogP contribution in [-0.2, 0) is 16.0 Å². The molecule has 2 aromatic heterocycles. The number of ether oxygens (including phenoxy) is 1. The zero-order chi connectivity index (χ0) is 18.1. The van der Waals surface area contributed by atoms with Crippen LogP contribution in [0.1, 0.15) is 25.3 Å². The fraction of sp³-hybridized carbons (Fsp3) is 0.350. The number of hydrogen-bond acceptors (Lipinski definition) is 6. The van der Waals surface area contributed by atoms with Crippen molar-refractivity contribution < 1.29 is 9.53 Å². The summed E-state index contributed by atoms with van der Waals surface area (Å²) in [5, 5.41) is 3.14. The third-order valence-corrected chi connectivity index (χ3v) is 5.74. The fourth-order valence-corrected chi connectivity index (χ4v) is 3.99. The molecule has 0 radical (unpaired) electrons. The van der Waals surface area contributed by atoms with Crippen LogP contribution < -0.4 is 4.90 Å². The van der Waals surface area contributed by atoms with Gasteiger partial charge in [0.25, 0.3) is 0 Å². The average molecular weight is 367 g/mol. The minimum atomic E-state index is -0.188. The minimum Gasteiger partial charge on any atom is -0.469 e. The number of methoxy groups -OCH3 is 1. The van der Waals surface area contributed by atoms with E-state index in [-0.39, 0.29) is 5.97 Å². The van der Waals surface area contributed by atoms with Crippen molar-refractivity contribution in [1.82, 2.24) is 9.97 Å². The van der Waals surface area contributed by atoms with E-state index in [4.69, 9.17) is 14.7 Å². The van der Waals surface area contributed by atoms with E-state index in [2.05, 4.69) is 35.4 Å². The molecule has 1 saturated heterocycles. The molecule has 1 aliphatic heterocycles. The zero-order valence-electron chi connectivity index (χ0n) is 14.9.